The van der Waals surface area contributed by atoms with E-state index in [9.17, 15) is 18.0 Å². The van der Waals surface area contributed by atoms with Crippen molar-refractivity contribution < 1.29 is 18.0 Å². The van der Waals surface area contributed by atoms with Crippen LogP contribution in [0.5, 0.6) is 0 Å². The number of rotatable bonds is 6. The summed E-state index contributed by atoms with van der Waals surface area (Å²) in [6, 6.07) is 13.5. The van der Waals surface area contributed by atoms with Gasteiger partial charge < -0.3 is 10.6 Å². The van der Waals surface area contributed by atoms with Crippen molar-refractivity contribution in [2.75, 3.05) is 11.6 Å². The molecule has 26 heavy (non-hydrogen) atoms. The molecular weight excluding hydrogens is 352 g/mol. The number of carbonyl (C=O) groups is 2. The van der Waals surface area contributed by atoms with Gasteiger partial charge in [0, 0.05) is 29.1 Å². The van der Waals surface area contributed by atoms with E-state index in [0.29, 0.717) is 28.4 Å². The van der Waals surface area contributed by atoms with E-state index in [1.165, 1.54) is 0 Å². The maximum atomic E-state index is 12.4. The first kappa shape index (κ1) is 18.1. The van der Waals surface area contributed by atoms with Crippen molar-refractivity contribution >= 4 is 27.3 Å². The van der Waals surface area contributed by atoms with Crippen LogP contribution in [0.2, 0.25) is 0 Å². The lowest BCUT2D eigenvalue weighted by atomic mass is 10.1. The van der Waals surface area contributed by atoms with Gasteiger partial charge in [-0.05, 0) is 54.8 Å². The molecule has 7 heteroatoms. The molecule has 0 radical (unpaired) electrons. The van der Waals surface area contributed by atoms with Gasteiger partial charge in [-0.15, -0.1) is 0 Å². The average molecular weight is 372 g/mol. The molecular formula is C19H20N2O4S. The molecule has 3 rings (SSSR count). The highest BCUT2D eigenvalue weighted by Crippen LogP contribution is 2.20. The van der Waals surface area contributed by atoms with E-state index in [1.54, 1.807) is 48.5 Å². The summed E-state index contributed by atoms with van der Waals surface area (Å²) < 4.78 is 22.8. The molecule has 1 fully saturated rings. The number of hydrogen-bond donors (Lipinski definition) is 2. The summed E-state index contributed by atoms with van der Waals surface area (Å²) in [4.78, 5) is 24.3. The highest BCUT2D eigenvalue weighted by Gasteiger charge is 2.23. The number of sulfone groups is 1. The fraction of sp³-hybridized carbons (Fsp3) is 0.263. The maximum Gasteiger partial charge on any atom is 0.255 e. The molecule has 2 aromatic carbocycles. The normalized spacial score (nSPS) is 13.9. The second kappa shape index (κ2) is 7.29. The minimum Gasteiger partial charge on any atom is -0.349 e. The first-order valence-corrected chi connectivity index (χ1v) is 10.4. The van der Waals surface area contributed by atoms with Gasteiger partial charge >= 0.3 is 0 Å². The third-order valence-corrected chi connectivity index (χ3v) is 4.79. The first-order valence-electron chi connectivity index (χ1n) is 8.29. The Labute approximate surface area is 152 Å². The number of carbonyl (C=O) groups excluding carboxylic acids is 2. The number of anilines is 1. The lowest BCUT2D eigenvalue weighted by molar-refractivity contribution is 0.0950. The van der Waals surface area contributed by atoms with Gasteiger partial charge in [0.15, 0.2) is 9.84 Å². The lowest BCUT2D eigenvalue weighted by Crippen LogP contribution is -2.25. The molecule has 2 N–H and O–H groups in total. The number of hydrogen-bond acceptors (Lipinski definition) is 4. The number of benzene rings is 2. The summed E-state index contributed by atoms with van der Waals surface area (Å²) in [5, 5.41) is 5.65. The summed E-state index contributed by atoms with van der Waals surface area (Å²) in [6.45, 7) is 0. The highest BCUT2D eigenvalue weighted by molar-refractivity contribution is 7.89. The minimum absolute atomic E-state index is 0.112. The van der Waals surface area contributed by atoms with Gasteiger partial charge in [0.2, 0.25) is 0 Å². The quantitative estimate of drug-likeness (QED) is 0.814. The van der Waals surface area contributed by atoms with Crippen LogP contribution < -0.4 is 10.6 Å². The van der Waals surface area contributed by atoms with Gasteiger partial charge in [-0.3, -0.25) is 9.59 Å². The maximum absolute atomic E-state index is 12.4. The van der Waals surface area contributed by atoms with Gasteiger partial charge in [0.05, 0.1) is 5.75 Å². The van der Waals surface area contributed by atoms with Crippen LogP contribution in [0.25, 0.3) is 0 Å². The monoisotopic (exact) mass is 372 g/mol. The molecule has 0 unspecified atom stereocenters. The highest BCUT2D eigenvalue weighted by atomic mass is 32.2. The second-order valence-electron chi connectivity index (χ2n) is 6.55. The molecule has 0 aromatic heterocycles. The molecule has 6 nitrogen and oxygen atoms in total. The molecule has 2 aromatic rings. The molecule has 0 spiro atoms. The number of amides is 2. The molecule has 1 saturated carbocycles. The van der Waals surface area contributed by atoms with Crippen molar-refractivity contribution in [3.05, 3.63) is 65.2 Å². The van der Waals surface area contributed by atoms with E-state index in [-0.39, 0.29) is 17.6 Å². The van der Waals surface area contributed by atoms with E-state index in [0.717, 1.165) is 19.1 Å². The van der Waals surface area contributed by atoms with Crippen LogP contribution in [-0.4, -0.2) is 32.5 Å². The molecule has 0 atom stereocenters. The predicted octanol–water partition coefficient (Wildman–Crippen LogP) is 2.38. The van der Waals surface area contributed by atoms with Gasteiger partial charge in [-0.25, -0.2) is 8.42 Å². The van der Waals surface area contributed by atoms with Crippen LogP contribution >= 0.6 is 0 Å². The smallest absolute Gasteiger partial charge is 0.255 e. The fourth-order valence-corrected chi connectivity index (χ4v) is 3.29. The van der Waals surface area contributed by atoms with Crippen molar-refractivity contribution in [2.24, 2.45) is 0 Å². The van der Waals surface area contributed by atoms with Crippen molar-refractivity contribution in [1.29, 1.82) is 0 Å². The molecule has 1 aliphatic carbocycles. The summed E-state index contributed by atoms with van der Waals surface area (Å²) in [5.41, 5.74) is 2.05. The van der Waals surface area contributed by atoms with Crippen molar-refractivity contribution in [2.45, 2.75) is 24.6 Å². The fourth-order valence-electron chi connectivity index (χ4n) is 2.51. The lowest BCUT2D eigenvalue weighted by Gasteiger charge is -2.08. The zero-order chi connectivity index (χ0) is 18.7. The van der Waals surface area contributed by atoms with E-state index in [2.05, 4.69) is 10.6 Å². The van der Waals surface area contributed by atoms with E-state index in [4.69, 9.17) is 0 Å². The van der Waals surface area contributed by atoms with Crippen molar-refractivity contribution in [3.63, 3.8) is 0 Å². The third-order valence-electron chi connectivity index (χ3n) is 3.94. The summed E-state index contributed by atoms with van der Waals surface area (Å²) >= 11 is 0. The Hall–Kier alpha value is -2.67. The van der Waals surface area contributed by atoms with Gasteiger partial charge in [0.25, 0.3) is 11.8 Å². The second-order valence-corrected chi connectivity index (χ2v) is 8.69. The Morgan fingerprint density at radius 3 is 2.31 bits per heavy atom. The van der Waals surface area contributed by atoms with Crippen LogP contribution in [0, 0.1) is 0 Å². The Morgan fingerprint density at radius 2 is 1.69 bits per heavy atom. The van der Waals surface area contributed by atoms with E-state index < -0.39 is 9.84 Å². The zero-order valence-corrected chi connectivity index (χ0v) is 15.2. The molecule has 0 saturated heterocycles. The third kappa shape index (κ3) is 5.16. The average Bonchev–Trinajstić information content (AvgIpc) is 3.38. The van der Waals surface area contributed by atoms with Gasteiger partial charge in [0.1, 0.15) is 0 Å². The standard InChI is InChI=1S/C19H20N2O4S/c1-26(24,25)12-13-3-2-4-15(11-13)19(23)21-16-7-5-14(6-8-16)18(22)20-17-9-10-17/h2-8,11,17H,9-10,12H2,1H3,(H,20,22)(H,21,23). The molecule has 2 amide bonds. The van der Waals surface area contributed by atoms with Crippen LogP contribution in [0.4, 0.5) is 5.69 Å². The molecule has 1 aliphatic rings. The number of nitrogens with one attached hydrogen (secondary N) is 2. The molecule has 136 valence electrons. The Balaban J connectivity index is 1.65. The predicted molar refractivity (Wildman–Crippen MR) is 99.9 cm³/mol. The minimum atomic E-state index is -3.17. The SMILES string of the molecule is CS(=O)(=O)Cc1cccc(C(=O)Nc2ccc(C(=O)NC3CC3)cc2)c1. The van der Waals surface area contributed by atoms with Gasteiger partial charge in [-0.2, -0.15) is 0 Å². The largest absolute Gasteiger partial charge is 0.349 e. The Morgan fingerprint density at radius 1 is 1.00 bits per heavy atom. The van der Waals surface area contributed by atoms with Crippen LogP contribution in [-0.2, 0) is 15.6 Å². The van der Waals surface area contributed by atoms with Crippen LogP contribution in [0.1, 0.15) is 39.1 Å². The zero-order valence-electron chi connectivity index (χ0n) is 14.4. The van der Waals surface area contributed by atoms with Crippen molar-refractivity contribution in [3.8, 4) is 0 Å². The van der Waals surface area contributed by atoms with Crippen molar-refractivity contribution in [1.82, 2.24) is 5.32 Å². The molecule has 0 heterocycles. The van der Waals surface area contributed by atoms with E-state index >= 15 is 0 Å². The topological polar surface area (TPSA) is 92.3 Å². The summed E-state index contributed by atoms with van der Waals surface area (Å²) in [7, 11) is -3.17. The van der Waals surface area contributed by atoms with Crippen LogP contribution in [0.15, 0.2) is 48.5 Å². The first-order chi connectivity index (χ1) is 12.3. The van der Waals surface area contributed by atoms with E-state index in [1.807, 2.05) is 0 Å². The molecule has 0 aliphatic heterocycles. The summed E-state index contributed by atoms with van der Waals surface area (Å²) in [5.74, 6) is -0.562. The Kier molecular flexibility index (Phi) is 5.08. The molecule has 0 bridgehead atoms. The van der Waals surface area contributed by atoms with Gasteiger partial charge in [-0.1, -0.05) is 12.1 Å². The summed E-state index contributed by atoms with van der Waals surface area (Å²) in [6.07, 6.45) is 3.21. The Bertz CT molecular complexity index is 932. The van der Waals surface area contributed by atoms with Crippen LogP contribution in [0.3, 0.4) is 0 Å².